The van der Waals surface area contributed by atoms with Crippen LogP contribution in [0.4, 0.5) is 0 Å². The van der Waals surface area contributed by atoms with Gasteiger partial charge in [-0.05, 0) is 17.7 Å². The van der Waals surface area contributed by atoms with Gasteiger partial charge in [-0.3, -0.25) is 4.79 Å². The van der Waals surface area contributed by atoms with Crippen LogP contribution in [0.15, 0.2) is 55.0 Å². The quantitative estimate of drug-likeness (QED) is 0.781. The summed E-state index contributed by atoms with van der Waals surface area (Å²) in [5, 5.41) is 12.5. The van der Waals surface area contributed by atoms with Crippen molar-refractivity contribution in [2.75, 3.05) is 6.54 Å². The Kier molecular flexibility index (Phi) is 5.60. The van der Waals surface area contributed by atoms with Crippen molar-refractivity contribution < 1.29 is 9.90 Å². The summed E-state index contributed by atoms with van der Waals surface area (Å²) >= 11 is 0. The van der Waals surface area contributed by atoms with E-state index in [0.29, 0.717) is 12.1 Å². The van der Waals surface area contributed by atoms with Gasteiger partial charge in [0.1, 0.15) is 6.33 Å². The number of amides is 1. The van der Waals surface area contributed by atoms with Crippen LogP contribution in [0.5, 0.6) is 0 Å². The molecule has 1 amide bonds. The van der Waals surface area contributed by atoms with Gasteiger partial charge >= 0.3 is 0 Å². The molecule has 0 aliphatic heterocycles. The normalized spacial score (nSPS) is 12.2. The minimum Gasteiger partial charge on any atom is -0.391 e. The van der Waals surface area contributed by atoms with Crippen molar-refractivity contribution in [1.82, 2.24) is 15.3 Å². The first-order valence-electron chi connectivity index (χ1n) is 6.68. The standard InChI is InChI=1S/C16H17N3O2/c20-15(10-13-4-2-1-3-5-13)11-18-16(21)7-6-14-8-9-17-12-19-14/h1-9,12,15,20H,10-11H2,(H,18,21)/b7-6+. The first-order valence-corrected chi connectivity index (χ1v) is 6.68. The minimum absolute atomic E-state index is 0.210. The molecule has 0 aliphatic carbocycles. The van der Waals surface area contributed by atoms with Crippen molar-refractivity contribution in [3.05, 3.63) is 66.3 Å². The SMILES string of the molecule is O=C(/C=C/c1ccncn1)NCC(O)Cc1ccccc1. The highest BCUT2D eigenvalue weighted by atomic mass is 16.3. The highest BCUT2D eigenvalue weighted by Crippen LogP contribution is 2.02. The van der Waals surface area contributed by atoms with Gasteiger partial charge in [-0.25, -0.2) is 9.97 Å². The zero-order chi connectivity index (χ0) is 14.9. The number of carbonyl (C=O) groups excluding carboxylic acids is 1. The van der Waals surface area contributed by atoms with Crippen LogP contribution < -0.4 is 5.32 Å². The van der Waals surface area contributed by atoms with Gasteiger partial charge in [-0.15, -0.1) is 0 Å². The summed E-state index contributed by atoms with van der Waals surface area (Å²) in [5.41, 5.74) is 1.70. The number of hydrogen-bond acceptors (Lipinski definition) is 4. The lowest BCUT2D eigenvalue weighted by Gasteiger charge is -2.10. The van der Waals surface area contributed by atoms with Gasteiger partial charge in [0, 0.05) is 25.2 Å². The molecule has 0 saturated heterocycles. The van der Waals surface area contributed by atoms with Gasteiger partial charge < -0.3 is 10.4 Å². The molecule has 5 nitrogen and oxygen atoms in total. The third-order valence-corrected chi connectivity index (χ3v) is 2.84. The van der Waals surface area contributed by atoms with Gasteiger partial charge in [0.2, 0.25) is 5.91 Å². The molecule has 1 heterocycles. The first kappa shape index (κ1) is 14.9. The maximum Gasteiger partial charge on any atom is 0.244 e. The van der Waals surface area contributed by atoms with E-state index in [-0.39, 0.29) is 12.5 Å². The number of aliphatic hydroxyl groups excluding tert-OH is 1. The molecule has 1 aromatic heterocycles. The third-order valence-electron chi connectivity index (χ3n) is 2.84. The smallest absolute Gasteiger partial charge is 0.244 e. The summed E-state index contributed by atoms with van der Waals surface area (Å²) in [6, 6.07) is 11.4. The number of rotatable bonds is 6. The average Bonchev–Trinajstić information content (AvgIpc) is 2.53. The van der Waals surface area contributed by atoms with E-state index < -0.39 is 6.10 Å². The molecule has 0 bridgehead atoms. The van der Waals surface area contributed by atoms with Crippen LogP contribution in [0.2, 0.25) is 0 Å². The number of benzene rings is 1. The number of nitrogens with one attached hydrogen (secondary N) is 1. The summed E-state index contributed by atoms with van der Waals surface area (Å²) in [7, 11) is 0. The van der Waals surface area contributed by atoms with Crippen LogP contribution in [0, 0.1) is 0 Å². The maximum atomic E-state index is 11.6. The minimum atomic E-state index is -0.608. The molecule has 2 aromatic rings. The number of aliphatic hydroxyl groups is 1. The molecule has 0 saturated carbocycles. The van der Waals surface area contributed by atoms with E-state index in [0.717, 1.165) is 5.56 Å². The maximum absolute atomic E-state index is 11.6. The molecule has 1 unspecified atom stereocenters. The number of hydrogen-bond donors (Lipinski definition) is 2. The Morgan fingerprint density at radius 1 is 1.29 bits per heavy atom. The Hall–Kier alpha value is -2.53. The topological polar surface area (TPSA) is 75.1 Å². The Morgan fingerprint density at radius 3 is 2.81 bits per heavy atom. The van der Waals surface area contributed by atoms with E-state index in [1.807, 2.05) is 30.3 Å². The Balaban J connectivity index is 1.75. The van der Waals surface area contributed by atoms with Crippen molar-refractivity contribution in [3.63, 3.8) is 0 Å². The molecule has 1 aromatic carbocycles. The number of aromatic nitrogens is 2. The van der Waals surface area contributed by atoms with E-state index in [9.17, 15) is 9.90 Å². The van der Waals surface area contributed by atoms with Crippen molar-refractivity contribution in [3.8, 4) is 0 Å². The molecular formula is C16H17N3O2. The highest BCUT2D eigenvalue weighted by molar-refractivity contribution is 5.91. The zero-order valence-electron chi connectivity index (χ0n) is 11.5. The lowest BCUT2D eigenvalue weighted by atomic mass is 10.1. The molecule has 0 fully saturated rings. The van der Waals surface area contributed by atoms with Gasteiger partial charge in [0.15, 0.2) is 0 Å². The monoisotopic (exact) mass is 283 g/mol. The third kappa shape index (κ3) is 5.54. The van der Waals surface area contributed by atoms with Gasteiger partial charge in [0.05, 0.1) is 11.8 Å². The molecular weight excluding hydrogens is 266 g/mol. The zero-order valence-corrected chi connectivity index (χ0v) is 11.5. The second kappa shape index (κ2) is 7.91. The van der Waals surface area contributed by atoms with E-state index in [1.54, 1.807) is 18.3 Å². The predicted molar refractivity (Wildman–Crippen MR) is 80.2 cm³/mol. The summed E-state index contributed by atoms with van der Waals surface area (Å²) in [4.78, 5) is 19.4. The molecule has 0 spiro atoms. The fourth-order valence-electron chi connectivity index (χ4n) is 1.80. The second-order valence-corrected chi connectivity index (χ2v) is 4.56. The molecule has 2 N–H and O–H groups in total. The Bertz CT molecular complexity index is 585. The molecule has 0 aliphatic rings. The van der Waals surface area contributed by atoms with E-state index in [2.05, 4.69) is 15.3 Å². The second-order valence-electron chi connectivity index (χ2n) is 4.56. The molecule has 5 heteroatoms. The molecule has 21 heavy (non-hydrogen) atoms. The number of nitrogens with zero attached hydrogens (tertiary/aromatic N) is 2. The lowest BCUT2D eigenvalue weighted by Crippen LogP contribution is -2.32. The predicted octanol–water partition coefficient (Wildman–Crippen LogP) is 1.21. The largest absolute Gasteiger partial charge is 0.391 e. The number of carbonyl (C=O) groups is 1. The van der Waals surface area contributed by atoms with Crippen LogP contribution in [0.1, 0.15) is 11.3 Å². The lowest BCUT2D eigenvalue weighted by molar-refractivity contribution is -0.116. The summed E-state index contributed by atoms with van der Waals surface area (Å²) in [5.74, 6) is -0.263. The van der Waals surface area contributed by atoms with Crippen LogP contribution in [-0.4, -0.2) is 33.6 Å². The summed E-state index contributed by atoms with van der Waals surface area (Å²) in [6.07, 6.45) is 5.91. The van der Waals surface area contributed by atoms with E-state index in [1.165, 1.54) is 12.4 Å². The van der Waals surface area contributed by atoms with Gasteiger partial charge in [-0.2, -0.15) is 0 Å². The molecule has 0 radical (unpaired) electrons. The molecule has 2 rings (SSSR count). The first-order chi connectivity index (χ1) is 10.2. The van der Waals surface area contributed by atoms with Crippen molar-refractivity contribution >= 4 is 12.0 Å². The van der Waals surface area contributed by atoms with Gasteiger partial charge in [-0.1, -0.05) is 30.3 Å². The highest BCUT2D eigenvalue weighted by Gasteiger charge is 2.06. The average molecular weight is 283 g/mol. The fourth-order valence-corrected chi connectivity index (χ4v) is 1.80. The fraction of sp³-hybridized carbons (Fsp3) is 0.188. The van der Waals surface area contributed by atoms with E-state index in [4.69, 9.17) is 0 Å². The van der Waals surface area contributed by atoms with Gasteiger partial charge in [0.25, 0.3) is 0 Å². The Labute approximate surface area is 123 Å². The van der Waals surface area contributed by atoms with Crippen molar-refractivity contribution in [1.29, 1.82) is 0 Å². The van der Waals surface area contributed by atoms with E-state index >= 15 is 0 Å². The van der Waals surface area contributed by atoms with Crippen molar-refractivity contribution in [2.45, 2.75) is 12.5 Å². The molecule has 108 valence electrons. The Morgan fingerprint density at radius 2 is 2.10 bits per heavy atom. The molecule has 1 atom stereocenters. The van der Waals surface area contributed by atoms with Crippen LogP contribution >= 0.6 is 0 Å². The summed E-state index contributed by atoms with van der Waals surface area (Å²) in [6.45, 7) is 0.210. The van der Waals surface area contributed by atoms with Crippen LogP contribution in [-0.2, 0) is 11.2 Å². The van der Waals surface area contributed by atoms with Crippen molar-refractivity contribution in [2.24, 2.45) is 0 Å². The summed E-state index contributed by atoms with van der Waals surface area (Å²) < 4.78 is 0. The van der Waals surface area contributed by atoms with Crippen LogP contribution in [0.25, 0.3) is 6.08 Å². The van der Waals surface area contributed by atoms with Crippen LogP contribution in [0.3, 0.4) is 0 Å².